The van der Waals surface area contributed by atoms with Gasteiger partial charge in [0.05, 0.1) is 121 Å². The molecular weight excluding hydrogens is 1550 g/mol. The number of unbranched alkanes of at least 4 members (excludes halogenated alkanes) is 2. The number of aromatic amines is 1. The van der Waals surface area contributed by atoms with Crippen LogP contribution in [-0.4, -0.2) is 270 Å². The lowest BCUT2D eigenvalue weighted by Gasteiger charge is -2.42. The van der Waals surface area contributed by atoms with E-state index in [1.165, 1.54) is 18.3 Å². The number of aromatic nitrogens is 9. The molecule has 1 unspecified atom stereocenters. The molecule has 3 fully saturated rings. The highest BCUT2D eigenvalue weighted by Gasteiger charge is 2.53. The van der Waals surface area contributed by atoms with E-state index in [1.54, 1.807) is 51.9 Å². The first-order valence-corrected chi connectivity index (χ1v) is 43.1. The maximum atomic E-state index is 14.8. The number of methoxy groups -OCH3 is 3. The van der Waals surface area contributed by atoms with Crippen molar-refractivity contribution in [3.63, 3.8) is 0 Å². The Morgan fingerprint density at radius 2 is 1.49 bits per heavy atom. The average molecular weight is 1680 g/mol. The Bertz CT molecular complexity index is 4140. The van der Waals surface area contributed by atoms with E-state index in [9.17, 15) is 39.0 Å². The fourth-order valence-electron chi connectivity index (χ4n) is 16.2. The monoisotopic (exact) mass is 1680 g/mol. The third kappa shape index (κ3) is 28.8. The lowest BCUT2D eigenvalue weighted by Crippen LogP contribution is -2.61. The number of carbonyl (C=O) groups excluding carboxylic acids is 6. The summed E-state index contributed by atoms with van der Waals surface area (Å²) in [5, 5.41) is 41.9. The van der Waals surface area contributed by atoms with Gasteiger partial charge in [-0.1, -0.05) is 76.3 Å². The minimum absolute atomic E-state index is 0.00389. The molecule has 1 aliphatic carbocycles. The topological polar surface area (TPSA) is 398 Å². The molecule has 9 rings (SSSR count). The number of carbonyl (C=O) groups is 6. The van der Waals surface area contributed by atoms with E-state index in [1.807, 2.05) is 87.3 Å². The van der Waals surface area contributed by atoms with Crippen molar-refractivity contribution >= 4 is 63.0 Å². The maximum Gasteiger partial charge on any atom is 0.329 e. The van der Waals surface area contributed by atoms with Crippen LogP contribution in [0.1, 0.15) is 163 Å². The molecule has 120 heavy (non-hydrogen) atoms. The molecule has 664 valence electrons. The van der Waals surface area contributed by atoms with E-state index in [-0.39, 0.29) is 73.2 Å². The highest BCUT2D eigenvalue weighted by molar-refractivity contribution is 6.39. The van der Waals surface area contributed by atoms with Crippen molar-refractivity contribution in [2.24, 2.45) is 35.5 Å². The molecule has 5 aromatic rings. The predicted molar refractivity (Wildman–Crippen MR) is 448 cm³/mol. The number of hydrogen-bond donors (Lipinski definition) is 5. The van der Waals surface area contributed by atoms with Gasteiger partial charge in [0.2, 0.25) is 11.7 Å². The summed E-state index contributed by atoms with van der Waals surface area (Å²) in [6.45, 7) is 19.9. The number of esters is 1. The van der Waals surface area contributed by atoms with Gasteiger partial charge in [0.15, 0.2) is 11.4 Å². The Morgan fingerprint density at radius 3 is 2.21 bits per heavy atom. The number of aryl methyl sites for hydroxylation is 2. The summed E-state index contributed by atoms with van der Waals surface area (Å²) in [4.78, 5) is 102. The number of cyclic esters (lactones) is 1. The lowest BCUT2D eigenvalue weighted by molar-refractivity contribution is -0.265. The van der Waals surface area contributed by atoms with E-state index in [2.05, 4.69) is 35.6 Å². The van der Waals surface area contributed by atoms with Crippen LogP contribution in [0.2, 0.25) is 0 Å². The second kappa shape index (κ2) is 50.0. The Hall–Kier alpha value is -7.96. The van der Waals surface area contributed by atoms with Crippen LogP contribution in [0.25, 0.3) is 33.3 Å². The van der Waals surface area contributed by atoms with Crippen molar-refractivity contribution in [2.75, 3.05) is 126 Å². The number of aliphatic hydroxyl groups excluding tert-OH is 1. The number of ether oxygens (including phenoxy) is 12. The SMILES string of the molecule is COC1C[C@@H]2CC[C@@H](C)[C@@](O)(O2)C(=O)C(=O)N2CCCC[C@H]2C(=O)O[C@H]([C@H](C)C[C@@H]2CC[C@@H](OCCCCc3cn(CCOCCOCCOCCOCCOCCOCCC(=O)NCCCCn4nc(-c5cnc6[nH]ccc6c5)c5c(N)ncnc54)nn3)[C@H](OC)C2)CC(=O)[C@H](C)/C=C(\C)[C@@H](O)[C@@H](OC)C(=O)[C@H](C)C[C@H](C)/C=C/C=C/C=C/1C. The quantitative estimate of drug-likeness (QED) is 0.0106. The van der Waals surface area contributed by atoms with Crippen molar-refractivity contribution < 1.29 is 95.8 Å². The van der Waals surface area contributed by atoms with Gasteiger partial charge in [0, 0.05) is 114 Å². The van der Waals surface area contributed by atoms with Crippen molar-refractivity contribution in [1.29, 1.82) is 0 Å². The summed E-state index contributed by atoms with van der Waals surface area (Å²) >= 11 is 0. The molecule has 4 aliphatic rings. The first-order chi connectivity index (χ1) is 58.0. The number of pyridine rings is 1. The number of nitrogen functional groups attached to an aromatic ring is 1. The van der Waals surface area contributed by atoms with Crippen LogP contribution in [0.3, 0.4) is 0 Å². The number of allylic oxidation sites excluding steroid dienone is 6. The standard InChI is InChI=1S/C88H132N12O20/c1-58-20-12-11-13-21-59(2)73(109-8)53-69-26-24-64(7)88(108,120-69)82(105)86(106)99-32-17-14-23-70(99)87(107)119-74(54-71(101)60(3)49-63(6)80(104)81(111-10)79(103)62(5)48-58)61(4)50-65-25-27-72(75(51-65)110-9)118-35-19-15-22-68-56-98(97-95-68)34-37-113-39-41-115-43-45-117-47-46-116-44-42-114-40-38-112-36-29-76(102)90-30-16-18-33-100-85-77(83(89)93-57-94-85)78(96-100)67-52-66-28-31-91-84(66)92-55-67/h11-13,20-21,28,31,49,52,55-58,60-62,64-65,69-70,72-75,80-81,104,108H,14-19,22-27,29-30,32-48,50-51,53-54H2,1-10H3,(H,90,102)(H,91,92)(H2,89,93,94)/b13-11+,20-12+,59-21+,63-49+/t58-,60-,61-,62-,64-,65+,69+,70+,72-,73?,74+,75-,80-,81+,88-/m1/s1. The Kier molecular flexibility index (Phi) is 39.9. The van der Waals surface area contributed by atoms with Gasteiger partial charge in [-0.3, -0.25) is 24.0 Å². The molecule has 15 atom stereocenters. The first-order valence-electron chi connectivity index (χ1n) is 43.1. The number of piperidine rings is 1. The molecular formula is C88H132N12O20. The van der Waals surface area contributed by atoms with Crippen molar-refractivity contribution in [3.8, 4) is 11.3 Å². The zero-order valence-electron chi connectivity index (χ0n) is 72.1. The van der Waals surface area contributed by atoms with E-state index >= 15 is 0 Å². The van der Waals surface area contributed by atoms with Crippen LogP contribution >= 0.6 is 0 Å². The van der Waals surface area contributed by atoms with E-state index < -0.39 is 77.8 Å². The van der Waals surface area contributed by atoms with Gasteiger partial charge < -0.3 is 88.0 Å². The number of fused-ring (bicyclic) bond motifs is 5. The summed E-state index contributed by atoms with van der Waals surface area (Å²) in [6, 6.07) is 2.79. The van der Waals surface area contributed by atoms with Gasteiger partial charge in [0.25, 0.3) is 11.7 Å². The number of Topliss-reactive ketones (excluding diaryl/α,β-unsaturated/α-hetero) is 3. The second-order valence-corrected chi connectivity index (χ2v) is 32.5. The minimum Gasteiger partial charge on any atom is -0.460 e. The van der Waals surface area contributed by atoms with E-state index in [0.29, 0.717) is 185 Å². The highest BCUT2D eigenvalue weighted by Crippen LogP contribution is 2.39. The minimum atomic E-state index is -2.46. The summed E-state index contributed by atoms with van der Waals surface area (Å²) < 4.78 is 74.3. The average Bonchev–Trinajstić information content (AvgIpc) is 1.74. The normalized spacial score (nSPS) is 27.4. The molecule has 32 nitrogen and oxygen atoms in total. The molecule has 2 saturated heterocycles. The van der Waals surface area contributed by atoms with Gasteiger partial charge in [-0.05, 0) is 151 Å². The third-order valence-corrected chi connectivity index (χ3v) is 23.3. The van der Waals surface area contributed by atoms with Crippen LogP contribution in [-0.2, 0) is 105 Å². The fraction of sp³-hybridized carbons (Fsp3) is 0.682. The van der Waals surface area contributed by atoms with Crippen LogP contribution in [0.5, 0.6) is 0 Å². The van der Waals surface area contributed by atoms with Crippen LogP contribution in [0.15, 0.2) is 84.7 Å². The lowest BCUT2D eigenvalue weighted by atomic mass is 9.78. The largest absolute Gasteiger partial charge is 0.460 e. The molecule has 32 heteroatoms. The molecule has 5 aromatic heterocycles. The molecule has 2 bridgehead atoms. The molecule has 0 radical (unpaired) electrons. The maximum absolute atomic E-state index is 14.8. The smallest absolute Gasteiger partial charge is 0.329 e. The number of hydrogen-bond acceptors (Lipinski definition) is 27. The Labute approximate surface area is 705 Å². The van der Waals surface area contributed by atoms with Crippen molar-refractivity contribution in [3.05, 3.63) is 90.3 Å². The Balaban J connectivity index is 0.621. The number of anilines is 1. The number of nitrogens with zero attached hydrogens (tertiary/aromatic N) is 9. The number of H-pyrrole nitrogens is 1. The van der Waals surface area contributed by atoms with Crippen LogP contribution in [0.4, 0.5) is 5.82 Å². The summed E-state index contributed by atoms with van der Waals surface area (Å²) in [5.74, 6) is -7.89. The number of ketones is 3. The van der Waals surface area contributed by atoms with Crippen LogP contribution in [0, 0.1) is 35.5 Å². The first kappa shape index (κ1) is 95.9. The zero-order chi connectivity index (χ0) is 85.9. The van der Waals surface area contributed by atoms with Gasteiger partial charge in [0.1, 0.15) is 53.6 Å². The summed E-state index contributed by atoms with van der Waals surface area (Å²) in [7, 11) is 4.65. The summed E-state index contributed by atoms with van der Waals surface area (Å²) in [6.07, 6.45) is 23.0. The Morgan fingerprint density at radius 1 is 0.767 bits per heavy atom. The second-order valence-electron chi connectivity index (χ2n) is 32.5. The van der Waals surface area contributed by atoms with Crippen molar-refractivity contribution in [1.82, 2.24) is 54.9 Å². The predicted octanol–water partition coefficient (Wildman–Crippen LogP) is 9.17. The van der Waals surface area contributed by atoms with E-state index in [4.69, 9.17) is 67.7 Å². The highest BCUT2D eigenvalue weighted by atomic mass is 16.6. The number of rotatable bonds is 39. The third-order valence-electron chi connectivity index (χ3n) is 23.3. The summed E-state index contributed by atoms with van der Waals surface area (Å²) in [5.41, 5.74) is 11.4. The number of aliphatic hydroxyl groups is 2. The molecule has 2 amide bonds. The molecule has 6 N–H and O–H groups in total. The molecule has 0 aromatic carbocycles. The number of amides is 2. The zero-order valence-corrected chi connectivity index (χ0v) is 72.1. The van der Waals surface area contributed by atoms with Crippen LogP contribution < -0.4 is 11.1 Å². The molecule has 0 spiro atoms. The van der Waals surface area contributed by atoms with Gasteiger partial charge in [-0.25, -0.2) is 29.1 Å². The number of nitrogens with one attached hydrogen (secondary N) is 2. The number of nitrogens with two attached hydrogens (primary N) is 1. The fourth-order valence-corrected chi connectivity index (χ4v) is 16.2. The van der Waals surface area contributed by atoms with Crippen molar-refractivity contribution in [2.45, 2.75) is 232 Å². The van der Waals surface area contributed by atoms with Gasteiger partial charge >= 0.3 is 5.97 Å². The molecule has 1 saturated carbocycles. The molecule has 8 heterocycles. The van der Waals surface area contributed by atoms with E-state index in [0.717, 1.165) is 72.8 Å². The molecule has 3 aliphatic heterocycles. The van der Waals surface area contributed by atoms with Gasteiger partial charge in [-0.15, -0.1) is 5.10 Å². The van der Waals surface area contributed by atoms with Gasteiger partial charge in [-0.2, -0.15) is 5.10 Å².